The lowest BCUT2D eigenvalue weighted by Gasteiger charge is -2.35. The monoisotopic (exact) mass is 433 g/mol. The summed E-state index contributed by atoms with van der Waals surface area (Å²) in [6.45, 7) is 3.75. The Balaban J connectivity index is 1.71. The summed E-state index contributed by atoms with van der Waals surface area (Å²) >= 11 is 0. The summed E-state index contributed by atoms with van der Waals surface area (Å²) < 4.78 is 19.0. The van der Waals surface area contributed by atoms with E-state index in [1.807, 2.05) is 12.1 Å². The van der Waals surface area contributed by atoms with Crippen molar-refractivity contribution in [3.8, 4) is 0 Å². The van der Waals surface area contributed by atoms with Crippen LogP contribution in [-0.2, 0) is 9.53 Å². The fourth-order valence-corrected chi connectivity index (χ4v) is 4.11. The molecule has 1 saturated heterocycles. The normalized spacial score (nSPS) is 19.6. The number of hydrogen-bond donors (Lipinski definition) is 2. The van der Waals surface area contributed by atoms with Gasteiger partial charge in [-0.3, -0.25) is 9.69 Å². The Morgan fingerprint density at radius 1 is 1.19 bits per heavy atom. The lowest BCUT2D eigenvalue weighted by molar-refractivity contribution is -0.127. The van der Waals surface area contributed by atoms with E-state index in [0.29, 0.717) is 31.8 Å². The van der Waals surface area contributed by atoms with E-state index in [1.54, 1.807) is 19.0 Å². The van der Waals surface area contributed by atoms with Crippen LogP contribution < -0.4 is 10.6 Å². The molecule has 0 bridgehead atoms. The Morgan fingerprint density at radius 3 is 2.52 bits per heavy atom. The van der Waals surface area contributed by atoms with Crippen molar-refractivity contribution in [2.75, 3.05) is 53.5 Å². The Kier molecular flexibility index (Phi) is 9.09. The first-order valence-corrected chi connectivity index (χ1v) is 11.3. The maximum atomic E-state index is 13.5. The predicted molar refractivity (Wildman–Crippen MR) is 121 cm³/mol. The minimum absolute atomic E-state index is 0.0343. The molecule has 1 heterocycles. The highest BCUT2D eigenvalue weighted by Crippen LogP contribution is 2.22. The Morgan fingerprint density at radius 2 is 1.87 bits per heavy atom. The van der Waals surface area contributed by atoms with Gasteiger partial charge in [0.1, 0.15) is 12.4 Å². The third kappa shape index (κ3) is 7.47. The molecule has 1 aliphatic carbocycles. The van der Waals surface area contributed by atoms with E-state index in [4.69, 9.17) is 4.74 Å². The van der Waals surface area contributed by atoms with Gasteiger partial charge in [-0.1, -0.05) is 31.4 Å². The summed E-state index contributed by atoms with van der Waals surface area (Å²) in [5.41, 5.74) is 1.05. The quantitative estimate of drug-likeness (QED) is 0.510. The van der Waals surface area contributed by atoms with Crippen LogP contribution in [0.25, 0.3) is 0 Å². The van der Waals surface area contributed by atoms with Crippen molar-refractivity contribution < 1.29 is 13.9 Å². The number of benzene rings is 1. The third-order valence-corrected chi connectivity index (χ3v) is 6.02. The fraction of sp³-hybridized carbons (Fsp3) is 0.652. The average Bonchev–Trinajstić information content (AvgIpc) is 2.79. The number of morpholine rings is 1. The van der Waals surface area contributed by atoms with Crippen LogP contribution in [0.4, 0.5) is 4.39 Å². The molecule has 2 fully saturated rings. The molecule has 1 saturated carbocycles. The van der Waals surface area contributed by atoms with Crippen LogP contribution in [0.1, 0.15) is 43.7 Å². The predicted octanol–water partition coefficient (Wildman–Crippen LogP) is 2.16. The maximum absolute atomic E-state index is 13.5. The van der Waals surface area contributed by atoms with Crippen molar-refractivity contribution in [1.29, 1.82) is 0 Å². The van der Waals surface area contributed by atoms with Crippen LogP contribution in [0.5, 0.6) is 0 Å². The Labute approximate surface area is 185 Å². The van der Waals surface area contributed by atoms with E-state index in [2.05, 4.69) is 20.5 Å². The summed E-state index contributed by atoms with van der Waals surface area (Å²) in [4.78, 5) is 20.6. The summed E-state index contributed by atoms with van der Waals surface area (Å²) in [5, 5.41) is 7.00. The van der Waals surface area contributed by atoms with Gasteiger partial charge in [0, 0.05) is 39.8 Å². The van der Waals surface area contributed by atoms with Crippen LogP contribution >= 0.6 is 0 Å². The zero-order chi connectivity index (χ0) is 22.1. The lowest BCUT2D eigenvalue weighted by atomic mass is 9.96. The zero-order valence-electron chi connectivity index (χ0n) is 18.8. The van der Waals surface area contributed by atoms with Gasteiger partial charge in [-0.2, -0.15) is 0 Å². The number of nitrogens with zero attached hydrogens (tertiary/aromatic N) is 3. The number of carbonyl (C=O) groups excluding carboxylic acids is 1. The summed E-state index contributed by atoms with van der Waals surface area (Å²) in [7, 11) is 3.48. The molecular weight excluding hydrogens is 397 g/mol. The molecule has 1 amide bonds. The lowest BCUT2D eigenvalue weighted by Crippen LogP contribution is -2.49. The van der Waals surface area contributed by atoms with Gasteiger partial charge in [-0.15, -0.1) is 0 Å². The number of guanidine groups is 1. The van der Waals surface area contributed by atoms with Gasteiger partial charge in [0.25, 0.3) is 0 Å². The van der Waals surface area contributed by atoms with Crippen molar-refractivity contribution in [3.05, 3.63) is 35.6 Å². The first kappa shape index (κ1) is 23.5. The van der Waals surface area contributed by atoms with E-state index in [1.165, 1.54) is 31.4 Å². The van der Waals surface area contributed by atoms with Crippen LogP contribution in [0, 0.1) is 5.82 Å². The van der Waals surface area contributed by atoms with Crippen molar-refractivity contribution in [3.63, 3.8) is 0 Å². The topological polar surface area (TPSA) is 69.2 Å². The number of rotatable bonds is 7. The van der Waals surface area contributed by atoms with Gasteiger partial charge in [-0.05, 0) is 30.5 Å². The molecule has 172 valence electrons. The molecule has 0 aromatic heterocycles. The molecule has 1 aromatic rings. The average molecular weight is 434 g/mol. The zero-order valence-corrected chi connectivity index (χ0v) is 18.8. The third-order valence-electron chi connectivity index (χ3n) is 6.02. The number of hydrogen-bond acceptors (Lipinski definition) is 4. The molecule has 8 heteroatoms. The first-order valence-electron chi connectivity index (χ1n) is 11.3. The van der Waals surface area contributed by atoms with Crippen molar-refractivity contribution in [1.82, 2.24) is 20.4 Å². The van der Waals surface area contributed by atoms with Crippen molar-refractivity contribution in [2.45, 2.75) is 44.2 Å². The van der Waals surface area contributed by atoms with E-state index in [-0.39, 0.29) is 24.3 Å². The second-order valence-corrected chi connectivity index (χ2v) is 8.53. The Hall–Kier alpha value is -2.19. The van der Waals surface area contributed by atoms with Gasteiger partial charge in [0.2, 0.25) is 5.91 Å². The van der Waals surface area contributed by atoms with Gasteiger partial charge in [0.05, 0.1) is 19.3 Å². The number of likely N-dealkylation sites (N-methyl/N-ethyl adjacent to an activating group) is 1. The van der Waals surface area contributed by atoms with Crippen molar-refractivity contribution in [2.24, 2.45) is 4.99 Å². The number of aliphatic imine (C=N–C) groups is 1. The van der Waals surface area contributed by atoms with Gasteiger partial charge in [0.15, 0.2) is 5.96 Å². The highest BCUT2D eigenvalue weighted by atomic mass is 19.1. The molecule has 1 atom stereocenters. The molecule has 2 N–H and O–H groups in total. The van der Waals surface area contributed by atoms with Crippen LogP contribution in [0.15, 0.2) is 29.3 Å². The van der Waals surface area contributed by atoms with Crippen LogP contribution in [0.3, 0.4) is 0 Å². The summed E-state index contributed by atoms with van der Waals surface area (Å²) in [5.74, 6) is 0.399. The number of carbonyl (C=O) groups is 1. The second kappa shape index (κ2) is 12.0. The van der Waals surface area contributed by atoms with Crippen LogP contribution in [0.2, 0.25) is 0 Å². The number of halogens is 1. The highest BCUT2D eigenvalue weighted by Gasteiger charge is 2.24. The first-order chi connectivity index (χ1) is 15.0. The maximum Gasteiger partial charge on any atom is 0.243 e. The van der Waals surface area contributed by atoms with E-state index >= 15 is 0 Å². The highest BCUT2D eigenvalue weighted by molar-refractivity contribution is 5.85. The van der Waals surface area contributed by atoms with Gasteiger partial charge >= 0.3 is 0 Å². The van der Waals surface area contributed by atoms with Crippen LogP contribution in [-0.4, -0.2) is 81.2 Å². The second-order valence-electron chi connectivity index (χ2n) is 8.53. The van der Waals surface area contributed by atoms with E-state index in [9.17, 15) is 9.18 Å². The number of nitrogens with one attached hydrogen (secondary N) is 2. The molecule has 1 aliphatic heterocycles. The molecule has 1 unspecified atom stereocenters. The minimum Gasteiger partial charge on any atom is -0.379 e. The van der Waals surface area contributed by atoms with Gasteiger partial charge in [-0.25, -0.2) is 9.38 Å². The molecule has 31 heavy (non-hydrogen) atoms. The molecule has 7 nitrogen and oxygen atoms in total. The molecule has 0 spiro atoms. The Bertz CT molecular complexity index is 713. The smallest absolute Gasteiger partial charge is 0.243 e. The molecule has 3 rings (SSSR count). The van der Waals surface area contributed by atoms with E-state index < -0.39 is 0 Å². The summed E-state index contributed by atoms with van der Waals surface area (Å²) in [6.07, 6.45) is 5.95. The minimum atomic E-state index is -0.235. The molecule has 2 aliphatic rings. The number of amides is 1. The summed E-state index contributed by atoms with van der Waals surface area (Å²) in [6, 6.07) is 7.15. The molecular formula is C23H36FN5O2. The molecule has 0 radical (unpaired) electrons. The van der Waals surface area contributed by atoms with Crippen molar-refractivity contribution >= 4 is 11.9 Å². The largest absolute Gasteiger partial charge is 0.379 e. The standard InChI is InChI=1S/C23H36FN5O2/c1-28(2)22(30)17-26-23(27-20-6-4-3-5-7-20)25-16-21(29-12-14-31-15-13-29)18-8-10-19(24)11-9-18/h8-11,20-21H,3-7,12-17H2,1-2H3,(H2,25,26,27). The molecule has 1 aromatic carbocycles. The SMILES string of the molecule is CN(C)C(=O)CN=C(NCC(c1ccc(F)cc1)N1CCOCC1)NC1CCCCC1. The van der Waals surface area contributed by atoms with Gasteiger partial charge < -0.3 is 20.3 Å². The fourth-order valence-electron chi connectivity index (χ4n) is 4.11. The number of ether oxygens (including phenoxy) is 1. The van der Waals surface area contributed by atoms with E-state index in [0.717, 1.165) is 31.5 Å².